The number of halogens is 1. The SMILES string of the molecule is CCC1(CC)CCN(c2ccc(Cl)cc2C(=O)O)CC1. The lowest BCUT2D eigenvalue weighted by Crippen LogP contribution is -2.40. The molecule has 0 bridgehead atoms. The molecule has 0 unspecified atom stereocenters. The van der Waals surface area contributed by atoms with Crippen LogP contribution in [0.1, 0.15) is 49.9 Å². The molecule has 20 heavy (non-hydrogen) atoms. The van der Waals surface area contributed by atoms with Crippen LogP contribution < -0.4 is 4.90 Å². The predicted octanol–water partition coefficient (Wildman–Crippen LogP) is 4.44. The zero-order chi connectivity index (χ0) is 14.8. The molecule has 0 saturated carbocycles. The molecule has 110 valence electrons. The van der Waals surface area contributed by atoms with Crippen LogP contribution in [0, 0.1) is 5.41 Å². The van der Waals surface area contributed by atoms with Gasteiger partial charge in [-0.1, -0.05) is 38.3 Å². The van der Waals surface area contributed by atoms with E-state index >= 15 is 0 Å². The van der Waals surface area contributed by atoms with Crippen LogP contribution in [0.15, 0.2) is 18.2 Å². The summed E-state index contributed by atoms with van der Waals surface area (Å²) in [4.78, 5) is 13.6. The van der Waals surface area contributed by atoms with Crippen molar-refractivity contribution in [2.45, 2.75) is 39.5 Å². The van der Waals surface area contributed by atoms with Crippen LogP contribution in [0.25, 0.3) is 0 Å². The van der Waals surface area contributed by atoms with Crippen LogP contribution in [0.5, 0.6) is 0 Å². The molecular formula is C16H22ClNO2. The number of carboxylic acids is 1. The van der Waals surface area contributed by atoms with Crippen molar-refractivity contribution in [2.75, 3.05) is 18.0 Å². The van der Waals surface area contributed by atoms with E-state index < -0.39 is 5.97 Å². The van der Waals surface area contributed by atoms with Gasteiger partial charge in [0.05, 0.1) is 11.3 Å². The molecule has 1 aromatic rings. The van der Waals surface area contributed by atoms with Crippen LogP contribution in [0.2, 0.25) is 5.02 Å². The maximum atomic E-state index is 11.4. The highest BCUT2D eigenvalue weighted by Gasteiger charge is 2.32. The van der Waals surface area contributed by atoms with Gasteiger partial charge >= 0.3 is 5.97 Å². The Balaban J connectivity index is 2.21. The molecule has 0 radical (unpaired) electrons. The minimum Gasteiger partial charge on any atom is -0.478 e. The highest BCUT2D eigenvalue weighted by Crippen LogP contribution is 2.39. The average molecular weight is 296 g/mol. The van der Waals surface area contributed by atoms with E-state index in [1.165, 1.54) is 12.8 Å². The van der Waals surface area contributed by atoms with Crippen molar-refractivity contribution in [3.8, 4) is 0 Å². The molecule has 1 aliphatic rings. The number of aromatic carboxylic acids is 1. The second-order valence-electron chi connectivity index (χ2n) is 5.66. The topological polar surface area (TPSA) is 40.5 Å². The van der Waals surface area contributed by atoms with Crippen LogP contribution in [-0.2, 0) is 0 Å². The summed E-state index contributed by atoms with van der Waals surface area (Å²) in [6.45, 7) is 6.35. The van der Waals surface area contributed by atoms with Gasteiger partial charge < -0.3 is 10.0 Å². The molecule has 0 aromatic heterocycles. The lowest BCUT2D eigenvalue weighted by molar-refractivity contribution is 0.0697. The van der Waals surface area contributed by atoms with Gasteiger partial charge in [0.2, 0.25) is 0 Å². The van der Waals surface area contributed by atoms with Gasteiger partial charge in [0.1, 0.15) is 0 Å². The van der Waals surface area contributed by atoms with E-state index in [4.69, 9.17) is 11.6 Å². The molecule has 0 atom stereocenters. The van der Waals surface area contributed by atoms with E-state index in [-0.39, 0.29) is 0 Å². The molecule has 1 aliphatic heterocycles. The second-order valence-corrected chi connectivity index (χ2v) is 6.10. The summed E-state index contributed by atoms with van der Waals surface area (Å²) < 4.78 is 0. The summed E-state index contributed by atoms with van der Waals surface area (Å²) in [5, 5.41) is 9.80. The average Bonchev–Trinajstić information content (AvgIpc) is 2.47. The maximum Gasteiger partial charge on any atom is 0.337 e. The normalized spacial score (nSPS) is 18.1. The Morgan fingerprint density at radius 1 is 1.30 bits per heavy atom. The third-order valence-corrected chi connectivity index (χ3v) is 5.09. The second kappa shape index (κ2) is 6.04. The van der Waals surface area contributed by atoms with E-state index in [0.29, 0.717) is 16.0 Å². The lowest BCUT2D eigenvalue weighted by atomic mass is 9.74. The highest BCUT2D eigenvalue weighted by atomic mass is 35.5. The fraction of sp³-hybridized carbons (Fsp3) is 0.562. The van der Waals surface area contributed by atoms with Crippen LogP contribution >= 0.6 is 11.6 Å². The largest absolute Gasteiger partial charge is 0.478 e. The summed E-state index contributed by atoms with van der Waals surface area (Å²) in [5.41, 5.74) is 1.53. The first-order valence-electron chi connectivity index (χ1n) is 7.29. The van der Waals surface area contributed by atoms with Crippen molar-refractivity contribution in [3.63, 3.8) is 0 Å². The fourth-order valence-corrected chi connectivity index (χ4v) is 3.31. The predicted molar refractivity (Wildman–Crippen MR) is 82.9 cm³/mol. The van der Waals surface area contributed by atoms with Gasteiger partial charge in [-0.05, 0) is 36.5 Å². The first-order chi connectivity index (χ1) is 9.51. The highest BCUT2D eigenvalue weighted by molar-refractivity contribution is 6.31. The van der Waals surface area contributed by atoms with Crippen molar-refractivity contribution in [3.05, 3.63) is 28.8 Å². The quantitative estimate of drug-likeness (QED) is 0.892. The summed E-state index contributed by atoms with van der Waals surface area (Å²) in [5.74, 6) is -0.912. The third-order valence-electron chi connectivity index (χ3n) is 4.85. The Bertz CT molecular complexity index is 487. The minimum atomic E-state index is -0.912. The molecule has 1 N–H and O–H groups in total. The van der Waals surface area contributed by atoms with Crippen LogP contribution in [0.4, 0.5) is 5.69 Å². The first kappa shape index (κ1) is 15.2. The molecule has 1 aromatic carbocycles. The van der Waals surface area contributed by atoms with E-state index in [1.807, 2.05) is 6.07 Å². The molecule has 2 rings (SSSR count). The molecular weight excluding hydrogens is 274 g/mol. The van der Waals surface area contributed by atoms with Crippen LogP contribution in [0.3, 0.4) is 0 Å². The van der Waals surface area contributed by atoms with E-state index in [2.05, 4.69) is 18.7 Å². The van der Waals surface area contributed by atoms with Crippen LogP contribution in [-0.4, -0.2) is 24.2 Å². The number of carboxylic acid groups (broad SMARTS) is 1. The molecule has 1 fully saturated rings. The number of piperidine rings is 1. The number of benzene rings is 1. The molecule has 3 nitrogen and oxygen atoms in total. The van der Waals surface area contributed by atoms with Gasteiger partial charge in [-0.25, -0.2) is 4.79 Å². The van der Waals surface area contributed by atoms with Crippen molar-refractivity contribution >= 4 is 23.3 Å². The van der Waals surface area contributed by atoms with E-state index in [1.54, 1.807) is 12.1 Å². The number of anilines is 1. The molecule has 0 aliphatic carbocycles. The molecule has 1 heterocycles. The van der Waals surface area contributed by atoms with Gasteiger partial charge in [-0.15, -0.1) is 0 Å². The summed E-state index contributed by atoms with van der Waals surface area (Å²) >= 11 is 5.91. The number of carbonyl (C=O) groups is 1. The monoisotopic (exact) mass is 295 g/mol. The number of hydrogen-bond donors (Lipinski definition) is 1. The maximum absolute atomic E-state index is 11.4. The van der Waals surface area contributed by atoms with Gasteiger partial charge in [0.25, 0.3) is 0 Å². The molecule has 1 saturated heterocycles. The Kier molecular flexibility index (Phi) is 4.59. The minimum absolute atomic E-state index is 0.304. The standard InChI is InChI=1S/C16H22ClNO2/c1-3-16(4-2)7-9-18(10-8-16)14-6-5-12(17)11-13(14)15(19)20/h5-6,11H,3-4,7-10H2,1-2H3,(H,19,20). The Hall–Kier alpha value is -1.22. The smallest absolute Gasteiger partial charge is 0.337 e. The van der Waals surface area contributed by atoms with E-state index in [0.717, 1.165) is 31.6 Å². The van der Waals surface area contributed by atoms with Gasteiger partial charge in [-0.2, -0.15) is 0 Å². The number of hydrogen-bond acceptors (Lipinski definition) is 2. The Labute approximate surface area is 125 Å². The zero-order valence-corrected chi connectivity index (χ0v) is 12.9. The van der Waals surface area contributed by atoms with Crippen molar-refractivity contribution in [2.24, 2.45) is 5.41 Å². The fourth-order valence-electron chi connectivity index (χ4n) is 3.13. The van der Waals surface area contributed by atoms with Gasteiger partial charge in [0, 0.05) is 18.1 Å². The van der Waals surface area contributed by atoms with Gasteiger partial charge in [0.15, 0.2) is 0 Å². The first-order valence-corrected chi connectivity index (χ1v) is 7.67. The zero-order valence-electron chi connectivity index (χ0n) is 12.2. The summed E-state index contributed by atoms with van der Waals surface area (Å²) in [7, 11) is 0. The Morgan fingerprint density at radius 2 is 1.90 bits per heavy atom. The molecule has 0 spiro atoms. The van der Waals surface area contributed by atoms with Crippen molar-refractivity contribution in [1.29, 1.82) is 0 Å². The van der Waals surface area contributed by atoms with E-state index in [9.17, 15) is 9.90 Å². The van der Waals surface area contributed by atoms with Crippen molar-refractivity contribution < 1.29 is 9.90 Å². The van der Waals surface area contributed by atoms with Crippen molar-refractivity contribution in [1.82, 2.24) is 0 Å². The number of rotatable bonds is 4. The lowest BCUT2D eigenvalue weighted by Gasteiger charge is -2.42. The Morgan fingerprint density at radius 3 is 2.40 bits per heavy atom. The molecule has 4 heteroatoms. The third kappa shape index (κ3) is 2.93. The summed E-state index contributed by atoms with van der Waals surface area (Å²) in [6.07, 6.45) is 4.65. The number of nitrogens with zero attached hydrogens (tertiary/aromatic N) is 1. The summed E-state index contributed by atoms with van der Waals surface area (Å²) in [6, 6.07) is 5.14. The van der Waals surface area contributed by atoms with Gasteiger partial charge in [-0.3, -0.25) is 0 Å². The molecule has 0 amide bonds.